The number of anilines is 1. The molecule has 0 unspecified atom stereocenters. The largest absolute Gasteiger partial charge is 0.398 e. The molecule has 1 aromatic rings. The molecular weight excluding hydrogens is 198 g/mol. The Hall–Kier alpha value is -1.02. The molecule has 0 spiro atoms. The second-order valence-corrected chi connectivity index (χ2v) is 4.55. The average molecular weight is 219 g/mol. The Morgan fingerprint density at radius 2 is 2.06 bits per heavy atom. The van der Waals surface area contributed by atoms with Crippen LogP contribution in [0.1, 0.15) is 43.2 Å². The quantitative estimate of drug-likeness (QED) is 0.793. The van der Waals surface area contributed by atoms with E-state index >= 15 is 0 Å². The van der Waals surface area contributed by atoms with Gasteiger partial charge >= 0.3 is 0 Å². The minimum Gasteiger partial charge on any atom is -0.398 e. The second kappa shape index (κ2) is 5.35. The number of hydrogen-bond acceptors (Lipinski definition) is 2. The molecule has 2 nitrogen and oxygen atoms in total. The highest BCUT2D eigenvalue weighted by Crippen LogP contribution is 2.32. The number of nitrogen functional groups attached to an aromatic ring is 1. The van der Waals surface area contributed by atoms with E-state index < -0.39 is 0 Å². The van der Waals surface area contributed by atoms with Crippen LogP contribution in [0, 0.1) is 0 Å². The first kappa shape index (κ1) is 11.5. The Morgan fingerprint density at radius 3 is 2.75 bits per heavy atom. The first-order valence-electron chi connectivity index (χ1n) is 6.28. The number of ether oxygens (including phenoxy) is 1. The fourth-order valence-electron chi connectivity index (χ4n) is 2.55. The van der Waals surface area contributed by atoms with Gasteiger partial charge in [-0.15, -0.1) is 0 Å². The van der Waals surface area contributed by atoms with E-state index in [1.54, 1.807) is 0 Å². The number of hydrogen-bond donors (Lipinski definition) is 1. The molecule has 1 saturated heterocycles. The van der Waals surface area contributed by atoms with Crippen molar-refractivity contribution in [2.24, 2.45) is 0 Å². The molecular formula is C14H21NO. The average Bonchev–Trinajstić information content (AvgIpc) is 2.33. The third-order valence-corrected chi connectivity index (χ3v) is 3.41. The predicted octanol–water partition coefficient (Wildman–Crippen LogP) is 3.12. The summed E-state index contributed by atoms with van der Waals surface area (Å²) in [6.07, 6.45) is 4.53. The topological polar surface area (TPSA) is 35.2 Å². The maximum absolute atomic E-state index is 6.08. The van der Waals surface area contributed by atoms with E-state index in [4.69, 9.17) is 10.5 Å². The van der Waals surface area contributed by atoms with Gasteiger partial charge < -0.3 is 10.5 Å². The zero-order chi connectivity index (χ0) is 11.4. The number of rotatable bonds is 3. The zero-order valence-corrected chi connectivity index (χ0v) is 10.0. The van der Waals surface area contributed by atoms with Gasteiger partial charge in [0.1, 0.15) is 0 Å². The molecule has 16 heavy (non-hydrogen) atoms. The van der Waals surface area contributed by atoms with Crippen molar-refractivity contribution in [3.8, 4) is 0 Å². The Bertz CT molecular complexity index is 343. The van der Waals surface area contributed by atoms with Crippen molar-refractivity contribution in [3.63, 3.8) is 0 Å². The molecule has 2 heteroatoms. The van der Waals surface area contributed by atoms with E-state index in [2.05, 4.69) is 19.1 Å². The smallest absolute Gasteiger partial charge is 0.0471 e. The highest BCUT2D eigenvalue weighted by atomic mass is 16.5. The fraction of sp³-hybridized carbons (Fsp3) is 0.571. The molecule has 1 fully saturated rings. The van der Waals surface area contributed by atoms with Crippen LogP contribution in [0.15, 0.2) is 18.2 Å². The lowest BCUT2D eigenvalue weighted by atomic mass is 9.86. The Morgan fingerprint density at radius 1 is 1.31 bits per heavy atom. The molecule has 1 aliphatic heterocycles. The highest BCUT2D eigenvalue weighted by molar-refractivity contribution is 5.52. The minimum atomic E-state index is 0.652. The summed E-state index contributed by atoms with van der Waals surface area (Å²) < 4.78 is 5.42. The lowest BCUT2D eigenvalue weighted by Gasteiger charge is -2.25. The van der Waals surface area contributed by atoms with Crippen LogP contribution in [0.25, 0.3) is 0 Å². The SMILES string of the molecule is CCCc1c(N)cccc1C1CCOCC1. The van der Waals surface area contributed by atoms with E-state index in [0.29, 0.717) is 5.92 Å². The molecule has 0 radical (unpaired) electrons. The first-order valence-corrected chi connectivity index (χ1v) is 6.28. The summed E-state index contributed by atoms with van der Waals surface area (Å²) >= 11 is 0. The predicted molar refractivity (Wildman–Crippen MR) is 67.6 cm³/mol. The molecule has 2 N–H and O–H groups in total. The summed E-state index contributed by atoms with van der Waals surface area (Å²) in [7, 11) is 0. The van der Waals surface area contributed by atoms with E-state index in [9.17, 15) is 0 Å². The second-order valence-electron chi connectivity index (χ2n) is 4.55. The van der Waals surface area contributed by atoms with Gasteiger partial charge in [0, 0.05) is 18.9 Å². The van der Waals surface area contributed by atoms with E-state index in [1.165, 1.54) is 11.1 Å². The van der Waals surface area contributed by atoms with Crippen molar-refractivity contribution in [1.29, 1.82) is 0 Å². The van der Waals surface area contributed by atoms with Crippen LogP contribution in [-0.2, 0) is 11.2 Å². The molecule has 1 aromatic carbocycles. The van der Waals surface area contributed by atoms with Crippen molar-refractivity contribution in [2.75, 3.05) is 18.9 Å². The number of benzene rings is 1. The van der Waals surface area contributed by atoms with E-state index in [-0.39, 0.29) is 0 Å². The van der Waals surface area contributed by atoms with Gasteiger partial charge in [0.15, 0.2) is 0 Å². The van der Waals surface area contributed by atoms with Crippen molar-refractivity contribution >= 4 is 5.69 Å². The molecule has 0 amide bonds. The summed E-state index contributed by atoms with van der Waals surface area (Å²) in [5.41, 5.74) is 9.88. The first-order chi connectivity index (χ1) is 7.83. The Kier molecular flexibility index (Phi) is 3.83. The maximum atomic E-state index is 6.08. The zero-order valence-electron chi connectivity index (χ0n) is 10.0. The van der Waals surface area contributed by atoms with Crippen molar-refractivity contribution in [2.45, 2.75) is 38.5 Å². The molecule has 0 aromatic heterocycles. The van der Waals surface area contributed by atoms with E-state index in [0.717, 1.165) is 44.6 Å². The number of nitrogens with two attached hydrogens (primary N) is 1. The van der Waals surface area contributed by atoms with Crippen LogP contribution in [-0.4, -0.2) is 13.2 Å². The lowest BCUT2D eigenvalue weighted by molar-refractivity contribution is 0.0852. The summed E-state index contributed by atoms with van der Waals surface area (Å²) in [4.78, 5) is 0. The molecule has 88 valence electrons. The van der Waals surface area contributed by atoms with Gasteiger partial charge in [-0.3, -0.25) is 0 Å². The Labute approximate surface area is 97.8 Å². The standard InChI is InChI=1S/C14H21NO/c1-2-4-13-12(5-3-6-14(13)15)11-7-9-16-10-8-11/h3,5-6,11H,2,4,7-10,15H2,1H3. The van der Waals surface area contributed by atoms with Crippen LogP contribution < -0.4 is 5.73 Å². The molecule has 2 rings (SSSR count). The lowest BCUT2D eigenvalue weighted by Crippen LogP contribution is -2.16. The van der Waals surface area contributed by atoms with Gasteiger partial charge in [-0.05, 0) is 42.4 Å². The summed E-state index contributed by atoms with van der Waals surface area (Å²) in [6.45, 7) is 4.00. The molecule has 0 aliphatic carbocycles. The molecule has 0 saturated carbocycles. The van der Waals surface area contributed by atoms with Crippen LogP contribution in [0.4, 0.5) is 5.69 Å². The van der Waals surface area contributed by atoms with Crippen LogP contribution in [0.5, 0.6) is 0 Å². The fourth-order valence-corrected chi connectivity index (χ4v) is 2.55. The van der Waals surface area contributed by atoms with Crippen molar-refractivity contribution in [3.05, 3.63) is 29.3 Å². The van der Waals surface area contributed by atoms with Gasteiger partial charge in [-0.25, -0.2) is 0 Å². The maximum Gasteiger partial charge on any atom is 0.0471 e. The van der Waals surface area contributed by atoms with Gasteiger partial charge in [0.05, 0.1) is 0 Å². The monoisotopic (exact) mass is 219 g/mol. The molecule has 0 bridgehead atoms. The molecule has 1 heterocycles. The normalized spacial score (nSPS) is 17.6. The highest BCUT2D eigenvalue weighted by Gasteiger charge is 2.19. The van der Waals surface area contributed by atoms with Crippen LogP contribution in [0.3, 0.4) is 0 Å². The van der Waals surface area contributed by atoms with Crippen LogP contribution >= 0.6 is 0 Å². The summed E-state index contributed by atoms with van der Waals surface area (Å²) in [6, 6.07) is 6.35. The third kappa shape index (κ3) is 2.38. The van der Waals surface area contributed by atoms with Gasteiger partial charge in [0.2, 0.25) is 0 Å². The molecule has 0 atom stereocenters. The van der Waals surface area contributed by atoms with Crippen LogP contribution in [0.2, 0.25) is 0 Å². The minimum absolute atomic E-state index is 0.652. The summed E-state index contributed by atoms with van der Waals surface area (Å²) in [5, 5.41) is 0. The summed E-state index contributed by atoms with van der Waals surface area (Å²) in [5.74, 6) is 0.652. The van der Waals surface area contributed by atoms with E-state index in [1.807, 2.05) is 6.07 Å². The van der Waals surface area contributed by atoms with Gasteiger partial charge in [-0.2, -0.15) is 0 Å². The molecule has 1 aliphatic rings. The van der Waals surface area contributed by atoms with Gasteiger partial charge in [0.25, 0.3) is 0 Å². The van der Waals surface area contributed by atoms with Gasteiger partial charge in [-0.1, -0.05) is 25.5 Å². The van der Waals surface area contributed by atoms with Crippen molar-refractivity contribution < 1.29 is 4.74 Å². The Balaban J connectivity index is 2.27. The third-order valence-electron chi connectivity index (χ3n) is 3.41. The van der Waals surface area contributed by atoms with Crippen molar-refractivity contribution in [1.82, 2.24) is 0 Å².